The molecular formula is C9H9BrN4O. The van der Waals surface area contributed by atoms with E-state index in [9.17, 15) is 0 Å². The van der Waals surface area contributed by atoms with Gasteiger partial charge in [-0.05, 0) is 29.5 Å². The van der Waals surface area contributed by atoms with E-state index in [0.717, 1.165) is 10.2 Å². The van der Waals surface area contributed by atoms with Crippen molar-refractivity contribution in [2.24, 2.45) is 0 Å². The number of benzene rings is 1. The summed E-state index contributed by atoms with van der Waals surface area (Å²) >= 11 is 3.35. The predicted molar refractivity (Wildman–Crippen MR) is 57.6 cm³/mol. The molecule has 0 aliphatic rings. The van der Waals surface area contributed by atoms with Crippen LogP contribution in [0.4, 0.5) is 0 Å². The first-order chi connectivity index (χ1) is 7.29. The van der Waals surface area contributed by atoms with Crippen LogP contribution in [0.1, 0.15) is 5.82 Å². The number of nitrogens with zero attached hydrogens (tertiary/aromatic N) is 4. The van der Waals surface area contributed by atoms with Gasteiger partial charge in [-0.3, -0.25) is 0 Å². The SMILES string of the molecule is OCCc1nnn(-c2ccc(Br)cc2)n1. The van der Waals surface area contributed by atoms with Gasteiger partial charge in [0.05, 0.1) is 12.3 Å². The number of aromatic nitrogens is 4. The van der Waals surface area contributed by atoms with E-state index < -0.39 is 0 Å². The van der Waals surface area contributed by atoms with Crippen LogP contribution in [-0.2, 0) is 6.42 Å². The van der Waals surface area contributed by atoms with Gasteiger partial charge in [-0.2, -0.15) is 0 Å². The second kappa shape index (κ2) is 4.50. The highest BCUT2D eigenvalue weighted by Crippen LogP contribution is 2.12. The first-order valence-electron chi connectivity index (χ1n) is 4.45. The highest BCUT2D eigenvalue weighted by molar-refractivity contribution is 9.10. The number of hydrogen-bond donors (Lipinski definition) is 1. The molecule has 0 spiro atoms. The second-order valence-corrected chi connectivity index (χ2v) is 3.86. The van der Waals surface area contributed by atoms with Gasteiger partial charge in [0, 0.05) is 10.9 Å². The molecule has 0 bridgehead atoms. The maximum Gasteiger partial charge on any atom is 0.177 e. The Hall–Kier alpha value is -1.27. The normalized spacial score (nSPS) is 10.5. The van der Waals surface area contributed by atoms with Crippen LogP contribution in [0.15, 0.2) is 28.7 Å². The van der Waals surface area contributed by atoms with Crippen molar-refractivity contribution in [3.8, 4) is 5.69 Å². The minimum Gasteiger partial charge on any atom is -0.396 e. The number of aliphatic hydroxyl groups is 1. The smallest absolute Gasteiger partial charge is 0.177 e. The third kappa shape index (κ3) is 2.40. The summed E-state index contributed by atoms with van der Waals surface area (Å²) in [6.45, 7) is 0.0338. The summed E-state index contributed by atoms with van der Waals surface area (Å²) in [5, 5.41) is 20.5. The molecule has 0 saturated heterocycles. The van der Waals surface area contributed by atoms with Gasteiger partial charge in [-0.15, -0.1) is 15.0 Å². The molecule has 0 unspecified atom stereocenters. The van der Waals surface area contributed by atoms with Crippen molar-refractivity contribution >= 4 is 15.9 Å². The summed E-state index contributed by atoms with van der Waals surface area (Å²) in [7, 11) is 0. The fraction of sp³-hybridized carbons (Fsp3) is 0.222. The molecule has 1 aromatic heterocycles. The Balaban J connectivity index is 2.25. The van der Waals surface area contributed by atoms with Gasteiger partial charge in [0.1, 0.15) is 0 Å². The number of halogens is 1. The molecule has 15 heavy (non-hydrogen) atoms. The summed E-state index contributed by atoms with van der Waals surface area (Å²) < 4.78 is 1.00. The van der Waals surface area contributed by atoms with Crippen molar-refractivity contribution in [1.82, 2.24) is 20.2 Å². The van der Waals surface area contributed by atoms with Crippen LogP contribution in [0.3, 0.4) is 0 Å². The topological polar surface area (TPSA) is 63.8 Å². The molecule has 78 valence electrons. The standard InChI is InChI=1S/C9H9BrN4O/c10-7-1-3-8(4-2-7)14-12-9(5-6-15)11-13-14/h1-4,15H,5-6H2. The Morgan fingerprint density at radius 1 is 1.27 bits per heavy atom. The average Bonchev–Trinajstić information content (AvgIpc) is 2.68. The molecule has 1 aromatic carbocycles. The van der Waals surface area contributed by atoms with Crippen LogP contribution < -0.4 is 0 Å². The lowest BCUT2D eigenvalue weighted by atomic mass is 10.3. The van der Waals surface area contributed by atoms with Gasteiger partial charge in [-0.1, -0.05) is 15.9 Å². The van der Waals surface area contributed by atoms with E-state index in [4.69, 9.17) is 5.11 Å². The molecule has 1 N–H and O–H groups in total. The second-order valence-electron chi connectivity index (χ2n) is 2.95. The van der Waals surface area contributed by atoms with Crippen LogP contribution in [-0.4, -0.2) is 31.9 Å². The van der Waals surface area contributed by atoms with E-state index in [1.54, 1.807) is 0 Å². The van der Waals surface area contributed by atoms with Crippen LogP contribution >= 0.6 is 15.9 Å². The molecule has 1 heterocycles. The molecule has 0 atom stereocenters. The maximum absolute atomic E-state index is 8.71. The van der Waals surface area contributed by atoms with E-state index in [1.807, 2.05) is 24.3 Å². The van der Waals surface area contributed by atoms with Crippen molar-refractivity contribution in [2.45, 2.75) is 6.42 Å². The Kier molecular flexibility index (Phi) is 3.08. The quantitative estimate of drug-likeness (QED) is 0.901. The molecule has 6 heteroatoms. The zero-order valence-electron chi connectivity index (χ0n) is 7.84. The third-order valence-electron chi connectivity index (χ3n) is 1.85. The lowest BCUT2D eigenvalue weighted by Crippen LogP contribution is -1.99. The van der Waals surface area contributed by atoms with Crippen molar-refractivity contribution < 1.29 is 5.11 Å². The third-order valence-corrected chi connectivity index (χ3v) is 2.38. The lowest BCUT2D eigenvalue weighted by molar-refractivity contribution is 0.296. The molecule has 5 nitrogen and oxygen atoms in total. The van der Waals surface area contributed by atoms with Crippen molar-refractivity contribution in [1.29, 1.82) is 0 Å². The van der Waals surface area contributed by atoms with Crippen molar-refractivity contribution in [3.63, 3.8) is 0 Å². The molecule has 0 aliphatic carbocycles. The molecule has 0 fully saturated rings. The van der Waals surface area contributed by atoms with Crippen LogP contribution in [0.5, 0.6) is 0 Å². The highest BCUT2D eigenvalue weighted by atomic mass is 79.9. The van der Waals surface area contributed by atoms with E-state index in [0.29, 0.717) is 12.2 Å². The molecule has 0 amide bonds. The summed E-state index contributed by atoms with van der Waals surface area (Å²) in [5.74, 6) is 0.542. The first kappa shape index (κ1) is 10.3. The minimum atomic E-state index is 0.0338. The minimum absolute atomic E-state index is 0.0338. The summed E-state index contributed by atoms with van der Waals surface area (Å²) in [5.41, 5.74) is 0.842. The van der Waals surface area contributed by atoms with Gasteiger partial charge in [-0.25, -0.2) is 0 Å². The Morgan fingerprint density at radius 2 is 2.00 bits per heavy atom. The van der Waals surface area contributed by atoms with Crippen molar-refractivity contribution in [2.75, 3.05) is 6.61 Å². The van der Waals surface area contributed by atoms with E-state index in [2.05, 4.69) is 31.3 Å². The van der Waals surface area contributed by atoms with Gasteiger partial charge in [0.15, 0.2) is 5.82 Å². The van der Waals surface area contributed by atoms with E-state index in [-0.39, 0.29) is 6.61 Å². The summed E-state index contributed by atoms with van der Waals surface area (Å²) in [6, 6.07) is 7.58. The highest BCUT2D eigenvalue weighted by Gasteiger charge is 2.03. The fourth-order valence-corrected chi connectivity index (χ4v) is 1.39. The van der Waals surface area contributed by atoms with Gasteiger partial charge >= 0.3 is 0 Å². The zero-order chi connectivity index (χ0) is 10.7. The largest absolute Gasteiger partial charge is 0.396 e. The molecule has 0 saturated carbocycles. The Bertz CT molecular complexity index is 440. The van der Waals surface area contributed by atoms with Crippen LogP contribution in [0.25, 0.3) is 5.69 Å². The number of rotatable bonds is 3. The van der Waals surface area contributed by atoms with Gasteiger partial charge in [0.25, 0.3) is 0 Å². The molecule has 0 radical (unpaired) electrons. The lowest BCUT2D eigenvalue weighted by Gasteiger charge is -1.97. The number of hydrogen-bond acceptors (Lipinski definition) is 4. The fourth-order valence-electron chi connectivity index (χ4n) is 1.13. The van der Waals surface area contributed by atoms with Gasteiger partial charge < -0.3 is 5.11 Å². The van der Waals surface area contributed by atoms with Crippen molar-refractivity contribution in [3.05, 3.63) is 34.6 Å². The van der Waals surface area contributed by atoms with Crippen LogP contribution in [0, 0.1) is 0 Å². The molecule has 0 aliphatic heterocycles. The molecule has 2 rings (SSSR count). The molecular weight excluding hydrogens is 260 g/mol. The number of tetrazole rings is 1. The van der Waals surface area contributed by atoms with Gasteiger partial charge in [0.2, 0.25) is 0 Å². The summed E-state index contributed by atoms with van der Waals surface area (Å²) in [6.07, 6.45) is 0.427. The number of aliphatic hydroxyl groups excluding tert-OH is 1. The predicted octanol–water partition coefficient (Wildman–Crippen LogP) is 0.960. The Morgan fingerprint density at radius 3 is 2.67 bits per heavy atom. The maximum atomic E-state index is 8.71. The van der Waals surface area contributed by atoms with E-state index in [1.165, 1.54) is 4.80 Å². The van der Waals surface area contributed by atoms with E-state index >= 15 is 0 Å². The first-order valence-corrected chi connectivity index (χ1v) is 5.24. The average molecular weight is 269 g/mol. The zero-order valence-corrected chi connectivity index (χ0v) is 9.42. The van der Waals surface area contributed by atoms with Crippen LogP contribution in [0.2, 0.25) is 0 Å². The monoisotopic (exact) mass is 268 g/mol. The Labute approximate surface area is 94.9 Å². The molecule has 2 aromatic rings. The summed E-state index contributed by atoms with van der Waals surface area (Å²) in [4.78, 5) is 1.44.